The van der Waals surface area contributed by atoms with Crippen molar-refractivity contribution in [3.8, 4) is 5.75 Å². The van der Waals surface area contributed by atoms with E-state index in [1.54, 1.807) is 0 Å². The fourth-order valence-corrected chi connectivity index (χ4v) is 2.75. The molecule has 1 aliphatic heterocycles. The van der Waals surface area contributed by atoms with Crippen LogP contribution < -0.4 is 10.5 Å². The van der Waals surface area contributed by atoms with Gasteiger partial charge in [0.15, 0.2) is 0 Å². The van der Waals surface area contributed by atoms with Crippen LogP contribution in [-0.4, -0.2) is 37.2 Å². The SMILES string of the molecule is NCCN(CCc1ccc2c(c1)CCO2)C1CC1. The van der Waals surface area contributed by atoms with Gasteiger partial charge < -0.3 is 10.5 Å². The second kappa shape index (κ2) is 5.29. The van der Waals surface area contributed by atoms with Gasteiger partial charge in [-0.1, -0.05) is 12.1 Å². The third-order valence-corrected chi connectivity index (χ3v) is 3.92. The quantitative estimate of drug-likeness (QED) is 0.828. The van der Waals surface area contributed by atoms with Gasteiger partial charge in [-0.05, 0) is 36.5 Å². The average molecular weight is 246 g/mol. The molecule has 1 aromatic carbocycles. The first-order chi connectivity index (χ1) is 8.86. The topological polar surface area (TPSA) is 38.5 Å². The van der Waals surface area contributed by atoms with E-state index in [4.69, 9.17) is 10.5 Å². The summed E-state index contributed by atoms with van der Waals surface area (Å²) in [7, 11) is 0. The van der Waals surface area contributed by atoms with Gasteiger partial charge in [0.05, 0.1) is 6.61 Å². The number of fused-ring (bicyclic) bond motifs is 1. The molecule has 0 saturated heterocycles. The Morgan fingerprint density at radius 1 is 1.28 bits per heavy atom. The van der Waals surface area contributed by atoms with E-state index in [-0.39, 0.29) is 0 Å². The predicted octanol–water partition coefficient (Wildman–Crippen LogP) is 1.59. The molecule has 98 valence electrons. The molecule has 2 aliphatic rings. The molecule has 3 rings (SSSR count). The van der Waals surface area contributed by atoms with Crippen LogP contribution in [0.5, 0.6) is 5.75 Å². The second-order valence-electron chi connectivity index (χ2n) is 5.35. The summed E-state index contributed by atoms with van der Waals surface area (Å²) in [4.78, 5) is 2.55. The van der Waals surface area contributed by atoms with Crippen molar-refractivity contribution in [2.24, 2.45) is 5.73 Å². The fourth-order valence-electron chi connectivity index (χ4n) is 2.75. The van der Waals surface area contributed by atoms with Gasteiger partial charge in [0.2, 0.25) is 0 Å². The van der Waals surface area contributed by atoms with Crippen LogP contribution in [0.15, 0.2) is 18.2 Å². The third kappa shape index (κ3) is 2.68. The Balaban J connectivity index is 1.58. The summed E-state index contributed by atoms with van der Waals surface area (Å²) in [6.45, 7) is 3.80. The lowest BCUT2D eigenvalue weighted by molar-refractivity contribution is 0.274. The average Bonchev–Trinajstić information content (AvgIpc) is 3.12. The molecule has 3 heteroatoms. The molecule has 2 N–H and O–H groups in total. The van der Waals surface area contributed by atoms with Crippen LogP contribution in [-0.2, 0) is 12.8 Å². The van der Waals surface area contributed by atoms with Crippen molar-refractivity contribution in [3.05, 3.63) is 29.3 Å². The Morgan fingerprint density at radius 3 is 2.94 bits per heavy atom. The monoisotopic (exact) mass is 246 g/mol. The largest absolute Gasteiger partial charge is 0.493 e. The Morgan fingerprint density at radius 2 is 2.17 bits per heavy atom. The standard InChI is InChI=1S/C15H22N2O/c16-7-9-17(14-2-3-14)8-5-12-1-4-15-13(11-12)6-10-18-15/h1,4,11,14H,2-3,5-10,16H2. The molecule has 1 saturated carbocycles. The Kier molecular flexibility index (Phi) is 3.52. The molecule has 0 spiro atoms. The zero-order chi connectivity index (χ0) is 12.4. The highest BCUT2D eigenvalue weighted by atomic mass is 16.5. The molecule has 1 heterocycles. The predicted molar refractivity (Wildman–Crippen MR) is 73.0 cm³/mol. The van der Waals surface area contributed by atoms with Crippen LogP contribution in [0.1, 0.15) is 24.0 Å². The molecule has 1 fully saturated rings. The molecule has 18 heavy (non-hydrogen) atoms. The van der Waals surface area contributed by atoms with Crippen LogP contribution in [0.3, 0.4) is 0 Å². The fraction of sp³-hybridized carbons (Fsp3) is 0.600. The van der Waals surface area contributed by atoms with Crippen molar-refractivity contribution in [3.63, 3.8) is 0 Å². The minimum absolute atomic E-state index is 0.772. The van der Waals surface area contributed by atoms with E-state index >= 15 is 0 Å². The summed E-state index contributed by atoms with van der Waals surface area (Å²) in [6.07, 6.45) is 4.91. The normalized spacial score (nSPS) is 17.9. The minimum Gasteiger partial charge on any atom is -0.493 e. The van der Waals surface area contributed by atoms with E-state index < -0.39 is 0 Å². The van der Waals surface area contributed by atoms with Crippen LogP contribution >= 0.6 is 0 Å². The smallest absolute Gasteiger partial charge is 0.122 e. The number of hydrogen-bond acceptors (Lipinski definition) is 3. The van der Waals surface area contributed by atoms with E-state index in [1.165, 1.54) is 24.0 Å². The molecule has 3 nitrogen and oxygen atoms in total. The number of nitrogens with zero attached hydrogens (tertiary/aromatic N) is 1. The van der Waals surface area contributed by atoms with Crippen LogP contribution in [0, 0.1) is 0 Å². The molecule has 0 radical (unpaired) electrons. The molecular formula is C15H22N2O. The second-order valence-corrected chi connectivity index (χ2v) is 5.35. The van der Waals surface area contributed by atoms with E-state index in [2.05, 4.69) is 23.1 Å². The zero-order valence-electron chi connectivity index (χ0n) is 10.9. The first kappa shape index (κ1) is 12.0. The minimum atomic E-state index is 0.772. The van der Waals surface area contributed by atoms with E-state index in [9.17, 15) is 0 Å². The number of nitrogens with two attached hydrogens (primary N) is 1. The van der Waals surface area contributed by atoms with E-state index in [1.807, 2.05) is 0 Å². The first-order valence-corrected chi connectivity index (χ1v) is 7.05. The van der Waals surface area contributed by atoms with Gasteiger partial charge in [0.1, 0.15) is 5.75 Å². The molecule has 0 aromatic heterocycles. The highest BCUT2D eigenvalue weighted by Gasteiger charge is 2.27. The van der Waals surface area contributed by atoms with Crippen molar-refractivity contribution in [1.82, 2.24) is 4.90 Å². The summed E-state index contributed by atoms with van der Waals surface area (Å²) in [5.41, 5.74) is 8.49. The van der Waals surface area contributed by atoms with Gasteiger partial charge in [-0.25, -0.2) is 0 Å². The maximum Gasteiger partial charge on any atom is 0.122 e. The lowest BCUT2D eigenvalue weighted by Gasteiger charge is -2.21. The molecular weight excluding hydrogens is 224 g/mol. The van der Waals surface area contributed by atoms with Crippen molar-refractivity contribution < 1.29 is 4.74 Å². The zero-order valence-corrected chi connectivity index (χ0v) is 10.9. The van der Waals surface area contributed by atoms with Crippen LogP contribution in [0.25, 0.3) is 0 Å². The number of ether oxygens (including phenoxy) is 1. The molecule has 1 aromatic rings. The first-order valence-electron chi connectivity index (χ1n) is 7.05. The summed E-state index contributed by atoms with van der Waals surface area (Å²) in [5.74, 6) is 1.08. The van der Waals surface area contributed by atoms with Gasteiger partial charge >= 0.3 is 0 Å². The highest BCUT2D eigenvalue weighted by Crippen LogP contribution is 2.28. The Hall–Kier alpha value is -1.06. The number of benzene rings is 1. The summed E-state index contributed by atoms with van der Waals surface area (Å²) in [5, 5.41) is 0. The molecule has 0 unspecified atom stereocenters. The summed E-state index contributed by atoms with van der Waals surface area (Å²) < 4.78 is 5.54. The van der Waals surface area contributed by atoms with Gasteiger partial charge in [-0.15, -0.1) is 0 Å². The van der Waals surface area contributed by atoms with Crippen molar-refractivity contribution in [2.75, 3.05) is 26.2 Å². The van der Waals surface area contributed by atoms with Crippen LogP contribution in [0.4, 0.5) is 0 Å². The number of hydrogen-bond donors (Lipinski definition) is 1. The highest BCUT2D eigenvalue weighted by molar-refractivity contribution is 5.39. The van der Waals surface area contributed by atoms with Gasteiger partial charge in [-0.3, -0.25) is 4.90 Å². The molecule has 0 bridgehead atoms. The summed E-state index contributed by atoms with van der Waals surface area (Å²) in [6, 6.07) is 7.46. The lowest BCUT2D eigenvalue weighted by atomic mass is 10.1. The molecule has 1 aliphatic carbocycles. The lowest BCUT2D eigenvalue weighted by Crippen LogP contribution is -2.33. The van der Waals surface area contributed by atoms with Crippen molar-refractivity contribution >= 4 is 0 Å². The van der Waals surface area contributed by atoms with Gasteiger partial charge in [0.25, 0.3) is 0 Å². The molecule has 0 amide bonds. The Labute approximate surface area is 109 Å². The van der Waals surface area contributed by atoms with Crippen molar-refractivity contribution in [1.29, 1.82) is 0 Å². The van der Waals surface area contributed by atoms with Crippen LogP contribution in [0.2, 0.25) is 0 Å². The van der Waals surface area contributed by atoms with Gasteiger partial charge in [-0.2, -0.15) is 0 Å². The van der Waals surface area contributed by atoms with E-state index in [0.717, 1.165) is 50.9 Å². The third-order valence-electron chi connectivity index (χ3n) is 3.92. The summed E-state index contributed by atoms with van der Waals surface area (Å²) >= 11 is 0. The van der Waals surface area contributed by atoms with E-state index in [0.29, 0.717) is 0 Å². The number of rotatable bonds is 6. The van der Waals surface area contributed by atoms with Gasteiger partial charge in [0, 0.05) is 32.1 Å². The molecule has 0 atom stereocenters. The maximum atomic E-state index is 5.68. The van der Waals surface area contributed by atoms with Crippen molar-refractivity contribution in [2.45, 2.75) is 31.7 Å². The maximum absolute atomic E-state index is 5.68. The Bertz CT molecular complexity index is 415.